The summed E-state index contributed by atoms with van der Waals surface area (Å²) in [6, 6.07) is 12.8. The summed E-state index contributed by atoms with van der Waals surface area (Å²) in [5, 5.41) is 9.64. The number of nitrogens with zero attached hydrogens (tertiary/aromatic N) is 4. The second-order valence-electron chi connectivity index (χ2n) is 8.48. The number of nitrogens with two attached hydrogens (primary N) is 1. The average molecular weight is 524 g/mol. The molecule has 1 aromatic heterocycles. The van der Waals surface area contributed by atoms with Crippen LogP contribution in [0.15, 0.2) is 66.4 Å². The van der Waals surface area contributed by atoms with Crippen molar-refractivity contribution in [2.75, 3.05) is 11.4 Å². The molecule has 1 aliphatic rings. The van der Waals surface area contributed by atoms with Gasteiger partial charge in [-0.05, 0) is 62.2 Å². The molecule has 2 heterocycles. The maximum atomic E-state index is 14.5. The van der Waals surface area contributed by atoms with Crippen LogP contribution in [-0.2, 0) is 0 Å². The van der Waals surface area contributed by atoms with Gasteiger partial charge in [-0.3, -0.25) is 9.88 Å². The Kier molecular flexibility index (Phi) is 9.02. The topological polar surface area (TPSA) is 78.3 Å². The zero-order chi connectivity index (χ0) is 28.0. The molecule has 0 bridgehead atoms. The number of aromatic nitrogens is 1. The Morgan fingerprint density at radius 3 is 2.42 bits per heavy atom. The summed E-state index contributed by atoms with van der Waals surface area (Å²) in [6.07, 6.45) is -1.72. The molecule has 3 aromatic rings. The zero-order valence-corrected chi connectivity index (χ0v) is 21.5. The van der Waals surface area contributed by atoms with E-state index in [0.29, 0.717) is 22.3 Å². The number of hydrogen-bond donors (Lipinski definition) is 1. The summed E-state index contributed by atoms with van der Waals surface area (Å²) in [4.78, 5) is 9.87. The molecule has 38 heavy (non-hydrogen) atoms. The predicted octanol–water partition coefficient (Wildman–Crippen LogP) is 7.53. The lowest BCUT2D eigenvalue weighted by atomic mass is 9.92. The van der Waals surface area contributed by atoms with Gasteiger partial charge >= 0.3 is 6.18 Å². The minimum absolute atomic E-state index is 0.0724. The third-order valence-electron chi connectivity index (χ3n) is 6.07. The largest absolute Gasteiger partial charge is 0.398 e. The van der Waals surface area contributed by atoms with E-state index >= 15 is 0 Å². The normalized spacial score (nSPS) is 13.6. The van der Waals surface area contributed by atoms with Crippen molar-refractivity contribution in [1.29, 1.82) is 5.26 Å². The van der Waals surface area contributed by atoms with Crippen molar-refractivity contribution < 1.29 is 17.6 Å². The van der Waals surface area contributed by atoms with Crippen molar-refractivity contribution >= 4 is 22.9 Å². The summed E-state index contributed by atoms with van der Waals surface area (Å²) >= 11 is 0. The third kappa shape index (κ3) is 5.76. The van der Waals surface area contributed by atoms with Gasteiger partial charge in [-0.15, -0.1) is 0 Å². The van der Waals surface area contributed by atoms with Crippen molar-refractivity contribution in [2.45, 2.75) is 39.8 Å². The van der Waals surface area contributed by atoms with Crippen LogP contribution in [0.25, 0.3) is 16.8 Å². The molecule has 4 rings (SSSR count). The molecule has 0 aliphatic carbocycles. The van der Waals surface area contributed by atoms with Crippen molar-refractivity contribution in [3.05, 3.63) is 83.9 Å². The summed E-state index contributed by atoms with van der Waals surface area (Å²) in [5.74, 6) is -2.88. The van der Waals surface area contributed by atoms with E-state index in [0.717, 1.165) is 6.07 Å². The SMILES string of the molecule is C=C1c2cc(C#N)cc(-c3cccnc3)c2N=C(C(CCCN)C(F)(F)F)N1c1ccc(C)c(F)c1.CC. The molecular weight excluding hydrogens is 494 g/mol. The number of anilines is 1. The number of amidine groups is 1. The first-order valence-corrected chi connectivity index (χ1v) is 12.2. The number of rotatable bonds is 6. The fourth-order valence-corrected chi connectivity index (χ4v) is 4.21. The monoisotopic (exact) mass is 523 g/mol. The van der Waals surface area contributed by atoms with Crippen LogP contribution in [-0.4, -0.2) is 23.5 Å². The molecule has 0 saturated carbocycles. The van der Waals surface area contributed by atoms with E-state index in [1.54, 1.807) is 37.5 Å². The fourth-order valence-electron chi connectivity index (χ4n) is 4.21. The van der Waals surface area contributed by atoms with Crippen molar-refractivity contribution in [1.82, 2.24) is 4.98 Å². The van der Waals surface area contributed by atoms with Gasteiger partial charge < -0.3 is 5.73 Å². The first-order chi connectivity index (χ1) is 18.2. The van der Waals surface area contributed by atoms with Gasteiger partial charge in [-0.1, -0.05) is 32.6 Å². The number of aryl methyl sites for hydroxylation is 1. The highest BCUT2D eigenvalue weighted by molar-refractivity contribution is 6.15. The molecule has 2 N–H and O–H groups in total. The number of benzene rings is 2. The highest BCUT2D eigenvalue weighted by atomic mass is 19.4. The second-order valence-corrected chi connectivity index (χ2v) is 8.48. The van der Waals surface area contributed by atoms with Crippen LogP contribution in [0.1, 0.15) is 43.4 Å². The quantitative estimate of drug-likeness (QED) is 0.339. The number of nitriles is 1. The number of pyridine rings is 1. The summed E-state index contributed by atoms with van der Waals surface area (Å²) in [7, 11) is 0. The highest BCUT2D eigenvalue weighted by Crippen LogP contribution is 2.46. The van der Waals surface area contributed by atoms with Crippen LogP contribution in [0.3, 0.4) is 0 Å². The molecule has 9 heteroatoms. The molecule has 0 amide bonds. The molecule has 198 valence electrons. The molecule has 0 radical (unpaired) electrons. The molecular formula is C29H29F4N5. The number of halogens is 4. The average Bonchev–Trinajstić information content (AvgIpc) is 2.91. The van der Waals surface area contributed by atoms with Gasteiger partial charge in [-0.2, -0.15) is 18.4 Å². The van der Waals surface area contributed by atoms with Crippen LogP contribution in [0, 0.1) is 30.0 Å². The Labute approximate surface area is 220 Å². The van der Waals surface area contributed by atoms with Gasteiger partial charge in [-0.25, -0.2) is 9.38 Å². The fraction of sp³-hybridized carbons (Fsp3) is 0.276. The summed E-state index contributed by atoms with van der Waals surface area (Å²) in [6.45, 7) is 9.71. The maximum Gasteiger partial charge on any atom is 0.398 e. The Balaban J connectivity index is 0.00000195. The molecule has 1 unspecified atom stereocenters. The van der Waals surface area contributed by atoms with E-state index in [4.69, 9.17) is 5.73 Å². The number of aliphatic imine (C=N–C) groups is 1. The van der Waals surface area contributed by atoms with E-state index in [1.807, 2.05) is 13.8 Å². The van der Waals surface area contributed by atoms with Crippen LogP contribution in [0.2, 0.25) is 0 Å². The Hall–Kier alpha value is -4.03. The lowest BCUT2D eigenvalue weighted by Crippen LogP contribution is -2.43. The van der Waals surface area contributed by atoms with Crippen molar-refractivity contribution in [3.8, 4) is 17.2 Å². The van der Waals surface area contributed by atoms with Gasteiger partial charge in [0, 0.05) is 34.8 Å². The van der Waals surface area contributed by atoms with Gasteiger partial charge in [0.25, 0.3) is 0 Å². The number of alkyl halides is 3. The van der Waals surface area contributed by atoms with E-state index in [9.17, 15) is 22.8 Å². The molecule has 1 atom stereocenters. The number of hydrogen-bond acceptors (Lipinski definition) is 5. The maximum absolute atomic E-state index is 14.5. The molecule has 2 aromatic carbocycles. The van der Waals surface area contributed by atoms with E-state index in [-0.39, 0.29) is 47.9 Å². The molecule has 0 spiro atoms. The lowest BCUT2D eigenvalue weighted by Gasteiger charge is -2.37. The first kappa shape index (κ1) is 28.5. The molecule has 1 aliphatic heterocycles. The van der Waals surface area contributed by atoms with Gasteiger partial charge in [0.15, 0.2) is 0 Å². The minimum Gasteiger partial charge on any atom is -0.330 e. The smallest absolute Gasteiger partial charge is 0.330 e. The van der Waals surface area contributed by atoms with Crippen molar-refractivity contribution in [3.63, 3.8) is 0 Å². The van der Waals surface area contributed by atoms with Gasteiger partial charge in [0.2, 0.25) is 0 Å². The van der Waals surface area contributed by atoms with E-state index in [1.165, 1.54) is 23.1 Å². The standard InChI is InChI=1S/C27H23F4N5.C2H6/c1-16-7-8-20(13-24(16)28)36-17(2)21-11-18(14-33)12-22(19-5-4-10-34-15-19)25(21)35-26(36)23(6-3-9-32)27(29,30)31;1-2/h4-5,7-8,10-13,15,23H,2-3,6,9,32H2,1H3;1-2H3. The second kappa shape index (κ2) is 12.0. The summed E-state index contributed by atoms with van der Waals surface area (Å²) in [5.41, 5.74) is 8.12. The van der Waals surface area contributed by atoms with Crippen LogP contribution < -0.4 is 10.6 Å². The molecule has 0 fully saturated rings. The highest BCUT2D eigenvalue weighted by Gasteiger charge is 2.46. The predicted molar refractivity (Wildman–Crippen MR) is 143 cm³/mol. The lowest BCUT2D eigenvalue weighted by molar-refractivity contribution is -0.157. The third-order valence-corrected chi connectivity index (χ3v) is 6.07. The van der Waals surface area contributed by atoms with E-state index in [2.05, 4.69) is 22.6 Å². The zero-order valence-electron chi connectivity index (χ0n) is 21.5. The molecule has 0 saturated heterocycles. The molecule has 5 nitrogen and oxygen atoms in total. The van der Waals surface area contributed by atoms with Crippen LogP contribution in [0.5, 0.6) is 0 Å². The van der Waals surface area contributed by atoms with Gasteiger partial charge in [0.05, 0.1) is 23.0 Å². The Bertz CT molecular complexity index is 1370. The Morgan fingerprint density at radius 2 is 1.84 bits per heavy atom. The minimum atomic E-state index is -4.64. The first-order valence-electron chi connectivity index (χ1n) is 12.2. The van der Waals surface area contributed by atoms with Crippen molar-refractivity contribution in [2.24, 2.45) is 16.6 Å². The van der Waals surface area contributed by atoms with Crippen LogP contribution in [0.4, 0.5) is 28.9 Å². The van der Waals surface area contributed by atoms with Gasteiger partial charge in [0.1, 0.15) is 17.6 Å². The summed E-state index contributed by atoms with van der Waals surface area (Å²) < 4.78 is 57.7. The van der Waals surface area contributed by atoms with E-state index < -0.39 is 17.9 Å². The van der Waals surface area contributed by atoms with Crippen LogP contribution >= 0.6 is 0 Å². The number of fused-ring (bicyclic) bond motifs is 1. The Morgan fingerprint density at radius 1 is 1.13 bits per heavy atom.